The van der Waals surface area contributed by atoms with Crippen molar-refractivity contribution in [2.24, 2.45) is 11.8 Å². The van der Waals surface area contributed by atoms with Crippen LogP contribution >= 0.6 is 0 Å². The summed E-state index contributed by atoms with van der Waals surface area (Å²) in [5.41, 5.74) is 1.90. The van der Waals surface area contributed by atoms with Crippen LogP contribution in [0.15, 0.2) is 83.8 Å². The summed E-state index contributed by atoms with van der Waals surface area (Å²) in [5.74, 6) is -2.24. The third-order valence-electron chi connectivity index (χ3n) is 7.42. The zero-order valence-corrected chi connectivity index (χ0v) is 19.0. The summed E-state index contributed by atoms with van der Waals surface area (Å²) in [7, 11) is -3.98. The Labute approximate surface area is 192 Å². The Bertz CT molecular complexity index is 1420. The van der Waals surface area contributed by atoms with Crippen molar-refractivity contribution in [3.05, 3.63) is 95.6 Å². The average molecular weight is 459 g/mol. The van der Waals surface area contributed by atoms with Crippen molar-refractivity contribution in [3.63, 3.8) is 0 Å². The maximum Gasteiger partial charge on any atom is 0.244 e. The molecule has 3 aromatic carbocycles. The Morgan fingerprint density at radius 1 is 0.818 bits per heavy atom. The molecule has 0 aliphatic carbocycles. The van der Waals surface area contributed by atoms with Gasteiger partial charge in [-0.2, -0.15) is 4.31 Å². The lowest BCUT2D eigenvalue weighted by Gasteiger charge is -2.35. The van der Waals surface area contributed by atoms with Crippen LogP contribution in [0.4, 0.5) is 5.69 Å². The average Bonchev–Trinajstić information content (AvgIpc) is 3.36. The summed E-state index contributed by atoms with van der Waals surface area (Å²) in [4.78, 5) is 28.8. The maximum absolute atomic E-state index is 14.0. The van der Waals surface area contributed by atoms with E-state index in [0.29, 0.717) is 5.69 Å². The van der Waals surface area contributed by atoms with Gasteiger partial charge in [0.1, 0.15) is 0 Å². The molecule has 2 saturated heterocycles. The molecule has 0 spiro atoms. The Morgan fingerprint density at radius 2 is 1.45 bits per heavy atom. The summed E-state index contributed by atoms with van der Waals surface area (Å²) < 4.78 is 29.4. The number of imide groups is 1. The maximum atomic E-state index is 14.0. The first-order chi connectivity index (χ1) is 15.8. The Morgan fingerprint density at radius 3 is 2.15 bits per heavy atom. The first kappa shape index (κ1) is 20.3. The van der Waals surface area contributed by atoms with Gasteiger partial charge in [0, 0.05) is 0 Å². The highest BCUT2D eigenvalue weighted by molar-refractivity contribution is 7.89. The van der Waals surface area contributed by atoms with E-state index in [1.807, 2.05) is 37.3 Å². The Hall–Kier alpha value is -3.29. The minimum atomic E-state index is -3.98. The van der Waals surface area contributed by atoms with E-state index >= 15 is 0 Å². The fraction of sp³-hybridized carbons (Fsp3) is 0.231. The van der Waals surface area contributed by atoms with Crippen molar-refractivity contribution >= 4 is 27.5 Å². The lowest BCUT2D eigenvalue weighted by molar-refractivity contribution is -0.124. The van der Waals surface area contributed by atoms with Gasteiger partial charge >= 0.3 is 0 Å². The molecule has 3 aliphatic rings. The number of hydrogen-bond donors (Lipinski definition) is 0. The van der Waals surface area contributed by atoms with Crippen molar-refractivity contribution < 1.29 is 18.0 Å². The molecule has 0 saturated carbocycles. The van der Waals surface area contributed by atoms with E-state index in [1.165, 1.54) is 9.21 Å². The van der Waals surface area contributed by atoms with Gasteiger partial charge in [0.25, 0.3) is 0 Å². The van der Waals surface area contributed by atoms with Crippen molar-refractivity contribution in [1.82, 2.24) is 4.31 Å². The quantitative estimate of drug-likeness (QED) is 0.560. The van der Waals surface area contributed by atoms with Gasteiger partial charge in [0.05, 0.1) is 34.0 Å². The van der Waals surface area contributed by atoms with Gasteiger partial charge in [0.2, 0.25) is 21.8 Å². The SMILES string of the molecule is Cc1ccc(S(=O)(=O)N2C3c4ccccc4C2(C)C2C(=O)N(c4ccccc4)C(=O)C32)cc1. The summed E-state index contributed by atoms with van der Waals surface area (Å²) in [6.07, 6.45) is 0. The van der Waals surface area contributed by atoms with E-state index in [2.05, 4.69) is 0 Å². The molecule has 3 aromatic rings. The summed E-state index contributed by atoms with van der Waals surface area (Å²) >= 11 is 0. The van der Waals surface area contributed by atoms with Crippen LogP contribution in [0, 0.1) is 18.8 Å². The molecular formula is C26H22N2O4S. The van der Waals surface area contributed by atoms with Crippen LogP contribution in [0.3, 0.4) is 0 Å². The molecular weight excluding hydrogens is 436 g/mol. The molecule has 2 bridgehead atoms. The molecule has 2 fully saturated rings. The van der Waals surface area contributed by atoms with Crippen LogP contribution in [0.1, 0.15) is 29.7 Å². The molecule has 0 aromatic heterocycles. The first-order valence-electron chi connectivity index (χ1n) is 10.9. The van der Waals surface area contributed by atoms with E-state index in [4.69, 9.17) is 0 Å². The minimum absolute atomic E-state index is 0.164. The molecule has 7 heteroatoms. The van der Waals surface area contributed by atoms with E-state index in [1.54, 1.807) is 55.5 Å². The highest BCUT2D eigenvalue weighted by Gasteiger charge is 2.74. The van der Waals surface area contributed by atoms with Gasteiger partial charge in [-0.1, -0.05) is 60.2 Å². The number of anilines is 1. The number of nitrogens with zero attached hydrogens (tertiary/aromatic N) is 2. The Balaban J connectivity index is 1.55. The van der Waals surface area contributed by atoms with Crippen LogP contribution in [-0.4, -0.2) is 24.5 Å². The molecule has 4 atom stereocenters. The van der Waals surface area contributed by atoms with Crippen molar-refractivity contribution in [3.8, 4) is 0 Å². The second-order valence-corrected chi connectivity index (χ2v) is 11.0. The van der Waals surface area contributed by atoms with Crippen LogP contribution in [0.25, 0.3) is 0 Å². The standard InChI is InChI=1S/C26H22N2O4S/c1-16-12-14-18(15-13-16)33(31,32)28-23-19-10-6-7-11-20(19)26(28,2)22-21(23)24(29)27(25(22)30)17-8-4-3-5-9-17/h3-15,21-23H,1-2H3. The van der Waals surface area contributed by atoms with E-state index in [0.717, 1.165) is 16.7 Å². The third kappa shape index (κ3) is 2.44. The van der Waals surface area contributed by atoms with Crippen molar-refractivity contribution in [1.29, 1.82) is 0 Å². The predicted octanol–water partition coefficient (Wildman–Crippen LogP) is 3.78. The van der Waals surface area contributed by atoms with E-state index < -0.39 is 33.4 Å². The molecule has 6 rings (SSSR count). The van der Waals surface area contributed by atoms with Crippen LogP contribution in [0.2, 0.25) is 0 Å². The van der Waals surface area contributed by atoms with Crippen LogP contribution in [-0.2, 0) is 25.2 Å². The second-order valence-electron chi connectivity index (χ2n) is 9.14. The zero-order valence-electron chi connectivity index (χ0n) is 18.2. The van der Waals surface area contributed by atoms with E-state index in [9.17, 15) is 18.0 Å². The van der Waals surface area contributed by atoms with Crippen LogP contribution in [0.5, 0.6) is 0 Å². The monoisotopic (exact) mass is 458 g/mol. The fourth-order valence-corrected chi connectivity index (χ4v) is 8.01. The first-order valence-corrected chi connectivity index (χ1v) is 12.4. The number of aryl methyl sites for hydroxylation is 1. The number of hydrogen-bond acceptors (Lipinski definition) is 4. The van der Waals surface area contributed by atoms with Gasteiger partial charge < -0.3 is 0 Å². The van der Waals surface area contributed by atoms with Crippen LogP contribution < -0.4 is 4.90 Å². The largest absolute Gasteiger partial charge is 0.274 e. The molecule has 33 heavy (non-hydrogen) atoms. The van der Waals surface area contributed by atoms with Gasteiger partial charge in [-0.15, -0.1) is 0 Å². The number of sulfonamides is 1. The number of amides is 2. The smallest absolute Gasteiger partial charge is 0.244 e. The van der Waals surface area contributed by atoms with Gasteiger partial charge in [-0.05, 0) is 49.2 Å². The lowest BCUT2D eigenvalue weighted by Crippen LogP contribution is -2.47. The lowest BCUT2D eigenvalue weighted by atomic mass is 9.70. The van der Waals surface area contributed by atoms with E-state index in [-0.39, 0.29) is 16.7 Å². The summed E-state index contributed by atoms with van der Waals surface area (Å²) in [5, 5.41) is 0. The number of para-hydroxylation sites is 1. The number of fused-ring (bicyclic) bond motifs is 8. The predicted molar refractivity (Wildman–Crippen MR) is 123 cm³/mol. The number of carbonyl (C=O) groups is 2. The summed E-state index contributed by atoms with van der Waals surface area (Å²) in [6, 6.07) is 22.3. The topological polar surface area (TPSA) is 74.8 Å². The molecule has 3 aliphatic heterocycles. The molecule has 0 radical (unpaired) electrons. The van der Waals surface area contributed by atoms with Crippen molar-refractivity contribution in [2.45, 2.75) is 30.3 Å². The Kier molecular flexibility index (Phi) is 4.08. The zero-order chi connectivity index (χ0) is 23.1. The number of rotatable bonds is 3. The van der Waals surface area contributed by atoms with Crippen molar-refractivity contribution in [2.75, 3.05) is 4.90 Å². The fourth-order valence-electron chi connectivity index (χ4n) is 6.05. The highest BCUT2D eigenvalue weighted by Crippen LogP contribution is 2.66. The molecule has 0 N–H and O–H groups in total. The molecule has 4 unspecified atom stereocenters. The van der Waals surface area contributed by atoms with Gasteiger partial charge in [-0.3, -0.25) is 9.59 Å². The van der Waals surface area contributed by atoms with Gasteiger partial charge in [0.15, 0.2) is 0 Å². The number of carbonyl (C=O) groups excluding carboxylic acids is 2. The molecule has 166 valence electrons. The van der Waals surface area contributed by atoms with Gasteiger partial charge in [-0.25, -0.2) is 13.3 Å². The molecule has 3 heterocycles. The molecule has 6 nitrogen and oxygen atoms in total. The highest BCUT2D eigenvalue weighted by atomic mass is 32.2. The third-order valence-corrected chi connectivity index (χ3v) is 9.42. The number of benzene rings is 3. The minimum Gasteiger partial charge on any atom is -0.274 e. The second kappa shape index (κ2) is 6.62. The normalized spacial score (nSPS) is 28.3. The molecule has 2 amide bonds. The summed E-state index contributed by atoms with van der Waals surface area (Å²) in [6.45, 7) is 3.69.